The first-order valence-corrected chi connectivity index (χ1v) is 5.10. The molecule has 1 fully saturated rings. The van der Waals surface area contributed by atoms with Gasteiger partial charge in [0.15, 0.2) is 0 Å². The third kappa shape index (κ3) is 2.26. The molecule has 0 amide bonds. The van der Waals surface area contributed by atoms with Crippen molar-refractivity contribution in [1.29, 1.82) is 0 Å². The van der Waals surface area contributed by atoms with Crippen molar-refractivity contribution >= 4 is 0 Å². The van der Waals surface area contributed by atoms with Gasteiger partial charge in [0.1, 0.15) is 18.5 Å². The molecule has 0 saturated carbocycles. The molecule has 0 bridgehead atoms. The van der Waals surface area contributed by atoms with E-state index < -0.39 is 0 Å². The van der Waals surface area contributed by atoms with Crippen molar-refractivity contribution in [2.75, 3.05) is 6.61 Å². The van der Waals surface area contributed by atoms with Crippen LogP contribution < -0.4 is 4.74 Å². The van der Waals surface area contributed by atoms with E-state index in [1.807, 2.05) is 30.3 Å². The van der Waals surface area contributed by atoms with Crippen LogP contribution in [0.3, 0.4) is 0 Å². The number of para-hydroxylation sites is 1. The van der Waals surface area contributed by atoms with Crippen LogP contribution in [0.15, 0.2) is 30.3 Å². The molecular formula is C12H16O2. The number of ether oxygens (including phenoxy) is 2. The number of hydrogen-bond acceptors (Lipinski definition) is 2. The Morgan fingerprint density at radius 3 is 2.57 bits per heavy atom. The van der Waals surface area contributed by atoms with Gasteiger partial charge in [0, 0.05) is 0 Å². The molecule has 0 aromatic heterocycles. The van der Waals surface area contributed by atoms with Gasteiger partial charge in [0.25, 0.3) is 0 Å². The minimum absolute atomic E-state index is 0.301. The van der Waals surface area contributed by atoms with Gasteiger partial charge in [-0.05, 0) is 18.1 Å². The topological polar surface area (TPSA) is 21.8 Å². The van der Waals surface area contributed by atoms with E-state index in [1.54, 1.807) is 0 Å². The minimum Gasteiger partial charge on any atom is -0.491 e. The quantitative estimate of drug-likeness (QED) is 0.684. The summed E-state index contributed by atoms with van der Waals surface area (Å²) in [6.07, 6.45) is 0.703. The van der Waals surface area contributed by atoms with E-state index in [2.05, 4.69) is 13.8 Å². The maximum Gasteiger partial charge on any atom is 0.119 e. The Balaban J connectivity index is 1.75. The van der Waals surface area contributed by atoms with E-state index in [9.17, 15) is 0 Å². The van der Waals surface area contributed by atoms with Gasteiger partial charge in [-0.15, -0.1) is 0 Å². The number of epoxide rings is 1. The van der Waals surface area contributed by atoms with Crippen LogP contribution >= 0.6 is 0 Å². The zero-order chi connectivity index (χ0) is 9.97. The van der Waals surface area contributed by atoms with Crippen LogP contribution in [-0.4, -0.2) is 18.8 Å². The van der Waals surface area contributed by atoms with Gasteiger partial charge in [-0.1, -0.05) is 32.0 Å². The summed E-state index contributed by atoms with van der Waals surface area (Å²) in [5, 5.41) is 0. The van der Waals surface area contributed by atoms with Crippen LogP contribution in [0, 0.1) is 5.92 Å². The van der Waals surface area contributed by atoms with Crippen molar-refractivity contribution < 1.29 is 9.47 Å². The summed E-state index contributed by atoms with van der Waals surface area (Å²) in [6.45, 7) is 5.02. The van der Waals surface area contributed by atoms with Crippen LogP contribution in [-0.2, 0) is 4.74 Å². The molecule has 1 aromatic rings. The maximum atomic E-state index is 5.59. The molecule has 1 aliphatic rings. The van der Waals surface area contributed by atoms with Gasteiger partial charge in [0.05, 0.1) is 6.10 Å². The lowest BCUT2D eigenvalue weighted by molar-refractivity contribution is 0.257. The van der Waals surface area contributed by atoms with Crippen molar-refractivity contribution in [3.8, 4) is 5.75 Å². The Labute approximate surface area is 84.8 Å². The largest absolute Gasteiger partial charge is 0.491 e. The van der Waals surface area contributed by atoms with Gasteiger partial charge < -0.3 is 9.47 Å². The van der Waals surface area contributed by atoms with E-state index in [0.29, 0.717) is 24.7 Å². The van der Waals surface area contributed by atoms with Crippen molar-refractivity contribution in [3.05, 3.63) is 30.3 Å². The molecule has 0 aliphatic carbocycles. The van der Waals surface area contributed by atoms with Crippen LogP contribution in [0.5, 0.6) is 5.75 Å². The molecule has 2 rings (SSSR count). The van der Waals surface area contributed by atoms with Crippen molar-refractivity contribution in [2.24, 2.45) is 5.92 Å². The summed E-state index contributed by atoms with van der Waals surface area (Å²) in [4.78, 5) is 0. The first-order valence-electron chi connectivity index (χ1n) is 5.10. The summed E-state index contributed by atoms with van der Waals surface area (Å²) in [7, 11) is 0. The lowest BCUT2D eigenvalue weighted by Gasteiger charge is -2.03. The van der Waals surface area contributed by atoms with E-state index in [4.69, 9.17) is 9.47 Å². The molecular weight excluding hydrogens is 176 g/mol. The van der Waals surface area contributed by atoms with Gasteiger partial charge in [-0.25, -0.2) is 0 Å². The highest BCUT2D eigenvalue weighted by Gasteiger charge is 2.41. The molecule has 1 heterocycles. The monoisotopic (exact) mass is 192 g/mol. The highest BCUT2D eigenvalue weighted by atomic mass is 16.6. The number of rotatable bonds is 4. The Morgan fingerprint density at radius 2 is 2.00 bits per heavy atom. The van der Waals surface area contributed by atoms with Crippen molar-refractivity contribution in [2.45, 2.75) is 26.1 Å². The molecule has 2 nitrogen and oxygen atoms in total. The lowest BCUT2D eigenvalue weighted by atomic mass is 10.1. The second-order valence-electron chi connectivity index (χ2n) is 4.01. The zero-order valence-electron chi connectivity index (χ0n) is 8.64. The van der Waals surface area contributed by atoms with Crippen molar-refractivity contribution in [3.63, 3.8) is 0 Å². The Kier molecular flexibility index (Phi) is 2.73. The van der Waals surface area contributed by atoms with Crippen LogP contribution in [0.2, 0.25) is 0 Å². The molecule has 2 atom stereocenters. The summed E-state index contributed by atoms with van der Waals surface area (Å²) in [6, 6.07) is 9.86. The molecule has 2 unspecified atom stereocenters. The van der Waals surface area contributed by atoms with Crippen molar-refractivity contribution in [1.82, 2.24) is 0 Å². The van der Waals surface area contributed by atoms with E-state index >= 15 is 0 Å². The third-order valence-electron chi connectivity index (χ3n) is 2.44. The third-order valence-corrected chi connectivity index (χ3v) is 2.44. The molecule has 1 aliphatic heterocycles. The summed E-state index contributed by atoms with van der Waals surface area (Å²) in [5.74, 6) is 1.52. The van der Waals surface area contributed by atoms with Gasteiger partial charge in [-0.2, -0.15) is 0 Å². The molecule has 0 spiro atoms. The number of benzene rings is 1. The highest BCUT2D eigenvalue weighted by Crippen LogP contribution is 2.29. The van der Waals surface area contributed by atoms with Gasteiger partial charge in [-0.3, -0.25) is 0 Å². The SMILES string of the molecule is CC(C)C1OC1COc1ccccc1. The first kappa shape index (κ1) is 9.53. The first-order chi connectivity index (χ1) is 6.77. The number of hydrogen-bond donors (Lipinski definition) is 0. The normalized spacial score (nSPS) is 25.1. The van der Waals surface area contributed by atoms with Gasteiger partial charge >= 0.3 is 0 Å². The van der Waals surface area contributed by atoms with E-state index in [0.717, 1.165) is 5.75 Å². The fourth-order valence-corrected chi connectivity index (χ4v) is 1.57. The maximum absolute atomic E-state index is 5.59. The fourth-order valence-electron chi connectivity index (χ4n) is 1.57. The summed E-state index contributed by atoms with van der Waals surface area (Å²) in [5.41, 5.74) is 0. The van der Waals surface area contributed by atoms with E-state index in [-0.39, 0.29) is 0 Å². The molecule has 14 heavy (non-hydrogen) atoms. The Morgan fingerprint density at radius 1 is 1.29 bits per heavy atom. The lowest BCUT2D eigenvalue weighted by Crippen LogP contribution is -2.10. The molecule has 0 N–H and O–H groups in total. The summed E-state index contributed by atoms with van der Waals surface area (Å²) < 4.78 is 11.1. The molecule has 1 saturated heterocycles. The minimum atomic E-state index is 0.301. The molecule has 1 aromatic carbocycles. The average molecular weight is 192 g/mol. The Bertz CT molecular complexity index is 282. The van der Waals surface area contributed by atoms with Crippen LogP contribution in [0.25, 0.3) is 0 Å². The zero-order valence-corrected chi connectivity index (χ0v) is 8.64. The van der Waals surface area contributed by atoms with Gasteiger partial charge in [0.2, 0.25) is 0 Å². The second-order valence-corrected chi connectivity index (χ2v) is 4.01. The highest BCUT2D eigenvalue weighted by molar-refractivity contribution is 5.21. The van der Waals surface area contributed by atoms with E-state index in [1.165, 1.54) is 0 Å². The van der Waals surface area contributed by atoms with Crippen LogP contribution in [0.4, 0.5) is 0 Å². The average Bonchev–Trinajstić information content (AvgIpc) is 2.96. The second kappa shape index (κ2) is 4.01. The molecule has 0 radical (unpaired) electrons. The van der Waals surface area contributed by atoms with Crippen LogP contribution in [0.1, 0.15) is 13.8 Å². The fraction of sp³-hybridized carbons (Fsp3) is 0.500. The molecule has 76 valence electrons. The smallest absolute Gasteiger partial charge is 0.119 e. The Hall–Kier alpha value is -1.02. The summed E-state index contributed by atoms with van der Waals surface area (Å²) >= 11 is 0. The standard InChI is InChI=1S/C12H16O2/c1-9(2)12-11(14-12)8-13-10-6-4-3-5-7-10/h3-7,9,11-12H,8H2,1-2H3. The molecule has 2 heteroatoms. The predicted octanol–water partition coefficient (Wildman–Crippen LogP) is 2.49. The predicted molar refractivity (Wildman–Crippen MR) is 55.4 cm³/mol.